The van der Waals surface area contributed by atoms with Crippen LogP contribution >= 0.6 is 7.82 Å². The number of fused-ring (bicyclic) bond motifs is 5. The van der Waals surface area contributed by atoms with E-state index < -0.39 is 38.6 Å². The van der Waals surface area contributed by atoms with Gasteiger partial charge in [-0.1, -0.05) is 25.5 Å². The number of esters is 2. The molecule has 6 unspecified atom stereocenters. The number of phosphoric ester groups is 1. The van der Waals surface area contributed by atoms with Crippen molar-refractivity contribution in [2.75, 3.05) is 13.2 Å². The van der Waals surface area contributed by atoms with Crippen molar-refractivity contribution in [3.63, 3.8) is 0 Å². The standard InChI is InChI=1S/C28H41O9P/c1-6-23-26(37-38(32,33)35-16-21(36-18(3)30)15-34-17(2)29)14-25-22-8-7-19-13-20(31)9-11-27(19,4)24(22)10-12-28(23,25)5/h6,13,21-22,24-26H,7-12,14-16H2,1-5H3,(H,32,33)/b23-6+/t21?,22?,24?,25?,26?,27-,28+/m0/s1. The third-order valence-electron chi connectivity index (χ3n) is 9.63. The van der Waals surface area contributed by atoms with Crippen LogP contribution in [0.2, 0.25) is 0 Å². The van der Waals surface area contributed by atoms with Crippen LogP contribution in [0.4, 0.5) is 0 Å². The zero-order valence-electron chi connectivity index (χ0n) is 23.1. The van der Waals surface area contributed by atoms with E-state index in [1.165, 1.54) is 19.4 Å². The van der Waals surface area contributed by atoms with Crippen LogP contribution < -0.4 is 0 Å². The average Bonchev–Trinajstić information content (AvgIpc) is 3.11. The van der Waals surface area contributed by atoms with Crippen molar-refractivity contribution in [1.29, 1.82) is 0 Å². The van der Waals surface area contributed by atoms with Crippen LogP contribution in [0.1, 0.15) is 79.6 Å². The third-order valence-corrected chi connectivity index (χ3v) is 10.6. The Morgan fingerprint density at radius 2 is 1.84 bits per heavy atom. The first-order chi connectivity index (χ1) is 17.8. The lowest BCUT2D eigenvalue weighted by Gasteiger charge is -2.57. The maximum Gasteiger partial charge on any atom is 0.472 e. The van der Waals surface area contributed by atoms with Gasteiger partial charge >= 0.3 is 19.8 Å². The Morgan fingerprint density at radius 3 is 2.50 bits per heavy atom. The van der Waals surface area contributed by atoms with Gasteiger partial charge in [0, 0.05) is 20.3 Å². The fourth-order valence-electron chi connectivity index (χ4n) is 7.94. The maximum absolute atomic E-state index is 13.0. The Labute approximate surface area is 224 Å². The Bertz CT molecular complexity index is 1080. The Hall–Kier alpha value is -1.80. The Balaban J connectivity index is 1.47. The molecule has 0 heterocycles. The van der Waals surface area contributed by atoms with Crippen LogP contribution in [-0.2, 0) is 37.5 Å². The lowest BCUT2D eigenvalue weighted by Crippen LogP contribution is -2.49. The second kappa shape index (κ2) is 11.0. The molecule has 8 atom stereocenters. The van der Waals surface area contributed by atoms with E-state index in [4.69, 9.17) is 18.5 Å². The number of hydrogen-bond donors (Lipinski definition) is 1. The molecule has 4 aliphatic carbocycles. The van der Waals surface area contributed by atoms with E-state index in [2.05, 4.69) is 13.8 Å². The number of allylic oxidation sites excluding steroid dienone is 2. The Morgan fingerprint density at radius 1 is 1.11 bits per heavy atom. The number of ether oxygens (including phenoxy) is 2. The molecule has 0 spiro atoms. The normalized spacial score (nSPS) is 37.8. The molecule has 0 bridgehead atoms. The summed E-state index contributed by atoms with van der Waals surface area (Å²) in [6, 6.07) is 0. The van der Waals surface area contributed by atoms with E-state index in [0.29, 0.717) is 30.6 Å². The second-order valence-corrected chi connectivity index (χ2v) is 13.2. The number of phosphoric acid groups is 1. The molecule has 0 radical (unpaired) electrons. The quantitative estimate of drug-likeness (QED) is 0.249. The minimum atomic E-state index is -4.52. The molecule has 0 aromatic heterocycles. The number of ketones is 1. The first-order valence-electron chi connectivity index (χ1n) is 13.7. The summed E-state index contributed by atoms with van der Waals surface area (Å²) in [4.78, 5) is 45.3. The zero-order chi connectivity index (χ0) is 27.9. The summed E-state index contributed by atoms with van der Waals surface area (Å²) >= 11 is 0. The van der Waals surface area contributed by atoms with Gasteiger partial charge in [-0.15, -0.1) is 0 Å². The maximum atomic E-state index is 13.0. The highest BCUT2D eigenvalue weighted by molar-refractivity contribution is 7.47. The lowest BCUT2D eigenvalue weighted by atomic mass is 9.47. The fraction of sp³-hybridized carbons (Fsp3) is 0.750. The van der Waals surface area contributed by atoms with Gasteiger partial charge in [0.05, 0.1) is 12.7 Å². The van der Waals surface area contributed by atoms with Crippen molar-refractivity contribution in [1.82, 2.24) is 0 Å². The first-order valence-corrected chi connectivity index (χ1v) is 15.2. The van der Waals surface area contributed by atoms with Gasteiger partial charge in [0.2, 0.25) is 0 Å². The summed E-state index contributed by atoms with van der Waals surface area (Å²) in [7, 11) is -4.52. The molecule has 4 aliphatic rings. The average molecular weight is 553 g/mol. The minimum Gasteiger partial charge on any atom is -0.462 e. The summed E-state index contributed by atoms with van der Waals surface area (Å²) in [5.74, 6) is 0.273. The van der Waals surface area contributed by atoms with Crippen molar-refractivity contribution in [2.45, 2.75) is 91.8 Å². The summed E-state index contributed by atoms with van der Waals surface area (Å²) < 4.78 is 34.0. The van der Waals surface area contributed by atoms with E-state index in [9.17, 15) is 23.8 Å². The highest BCUT2D eigenvalue weighted by atomic mass is 31.2. The number of rotatable bonds is 8. The smallest absolute Gasteiger partial charge is 0.462 e. The van der Waals surface area contributed by atoms with Crippen molar-refractivity contribution in [3.8, 4) is 0 Å². The molecular formula is C28H41O9P. The lowest BCUT2D eigenvalue weighted by molar-refractivity contribution is -0.158. The van der Waals surface area contributed by atoms with Gasteiger partial charge in [0.25, 0.3) is 0 Å². The molecule has 0 saturated heterocycles. The zero-order valence-corrected chi connectivity index (χ0v) is 24.0. The van der Waals surface area contributed by atoms with Crippen LogP contribution in [0.15, 0.2) is 23.3 Å². The summed E-state index contributed by atoms with van der Waals surface area (Å²) in [5, 5.41) is 0. The summed E-state index contributed by atoms with van der Waals surface area (Å²) in [5.41, 5.74) is 2.23. The van der Waals surface area contributed by atoms with Gasteiger partial charge in [-0.05, 0) is 85.7 Å². The van der Waals surface area contributed by atoms with E-state index >= 15 is 0 Å². The number of carbonyl (C=O) groups excluding carboxylic acids is 3. The minimum absolute atomic E-state index is 0.0379. The molecule has 0 aliphatic heterocycles. The van der Waals surface area contributed by atoms with E-state index in [1.54, 1.807) is 0 Å². The molecule has 0 amide bonds. The third kappa shape index (κ3) is 5.72. The van der Waals surface area contributed by atoms with Crippen molar-refractivity contribution in [3.05, 3.63) is 23.3 Å². The summed E-state index contributed by atoms with van der Waals surface area (Å²) in [6.07, 6.45) is 8.40. The molecule has 3 fully saturated rings. The molecule has 0 aromatic rings. The van der Waals surface area contributed by atoms with E-state index in [1.807, 2.05) is 19.1 Å². The molecule has 0 aromatic carbocycles. The number of hydrogen-bond acceptors (Lipinski definition) is 8. The van der Waals surface area contributed by atoms with Gasteiger partial charge in [-0.2, -0.15) is 0 Å². The van der Waals surface area contributed by atoms with Gasteiger partial charge in [0.15, 0.2) is 11.9 Å². The molecule has 10 heteroatoms. The van der Waals surface area contributed by atoms with Crippen molar-refractivity contribution < 1.29 is 42.4 Å². The largest absolute Gasteiger partial charge is 0.472 e. The molecule has 9 nitrogen and oxygen atoms in total. The van der Waals surface area contributed by atoms with Crippen molar-refractivity contribution in [2.24, 2.45) is 28.6 Å². The van der Waals surface area contributed by atoms with Gasteiger partial charge in [-0.25, -0.2) is 4.57 Å². The van der Waals surface area contributed by atoms with E-state index in [0.717, 1.165) is 37.7 Å². The van der Waals surface area contributed by atoms with Crippen molar-refractivity contribution >= 4 is 25.5 Å². The topological polar surface area (TPSA) is 125 Å². The number of carbonyl (C=O) groups is 3. The molecule has 38 heavy (non-hydrogen) atoms. The molecule has 212 valence electrons. The highest BCUT2D eigenvalue weighted by Gasteiger charge is 2.60. The summed E-state index contributed by atoms with van der Waals surface area (Å²) in [6.45, 7) is 8.20. The molecular weight excluding hydrogens is 511 g/mol. The fourth-order valence-corrected chi connectivity index (χ4v) is 8.88. The van der Waals surface area contributed by atoms with Gasteiger partial charge in [0.1, 0.15) is 6.61 Å². The predicted octanol–water partition coefficient (Wildman–Crippen LogP) is 5.07. The van der Waals surface area contributed by atoms with Gasteiger partial charge in [-0.3, -0.25) is 23.4 Å². The van der Waals surface area contributed by atoms with Gasteiger partial charge < -0.3 is 14.4 Å². The first kappa shape index (κ1) is 29.2. The highest BCUT2D eigenvalue weighted by Crippen LogP contribution is 2.67. The molecule has 4 rings (SSSR count). The van der Waals surface area contributed by atoms with E-state index in [-0.39, 0.29) is 23.2 Å². The Kier molecular flexibility index (Phi) is 8.44. The van der Waals surface area contributed by atoms with Crippen LogP contribution in [0, 0.1) is 28.6 Å². The monoisotopic (exact) mass is 552 g/mol. The second-order valence-electron chi connectivity index (χ2n) is 11.8. The molecule has 3 saturated carbocycles. The van der Waals surface area contributed by atoms with Crippen LogP contribution in [0.25, 0.3) is 0 Å². The SMILES string of the molecule is C/C=C1\C(OP(=O)(O)OCC(COC(C)=O)OC(C)=O)CC2C3CCC4=CC(=O)CC[C@]4(C)C3CC[C@]12C. The molecule has 1 N–H and O–H groups in total. The van der Waals surface area contributed by atoms with Crippen LogP contribution in [-0.4, -0.2) is 48.0 Å². The van der Waals surface area contributed by atoms with Crippen LogP contribution in [0.5, 0.6) is 0 Å². The van der Waals surface area contributed by atoms with Crippen LogP contribution in [0.3, 0.4) is 0 Å². The predicted molar refractivity (Wildman–Crippen MR) is 139 cm³/mol.